The Kier molecular flexibility index (Phi) is 10.3. The molecule has 6 heteroatoms. The third-order valence-corrected chi connectivity index (χ3v) is 4.87. The van der Waals surface area contributed by atoms with E-state index in [0.717, 1.165) is 24.8 Å². The van der Waals surface area contributed by atoms with Gasteiger partial charge in [-0.2, -0.15) is 0 Å². The molecule has 0 saturated carbocycles. The second-order valence-corrected chi connectivity index (χ2v) is 7.37. The first-order valence-electron chi connectivity index (χ1n) is 10.8. The summed E-state index contributed by atoms with van der Waals surface area (Å²) in [5.74, 6) is -0.388. The van der Waals surface area contributed by atoms with Crippen LogP contribution >= 0.6 is 0 Å². The summed E-state index contributed by atoms with van der Waals surface area (Å²) in [7, 11) is 1.52. The van der Waals surface area contributed by atoms with Crippen LogP contribution in [0.1, 0.15) is 74.2 Å². The van der Waals surface area contributed by atoms with Gasteiger partial charge in [0, 0.05) is 12.6 Å². The van der Waals surface area contributed by atoms with E-state index < -0.39 is 5.97 Å². The van der Waals surface area contributed by atoms with Gasteiger partial charge in [0.25, 0.3) is 0 Å². The number of carbonyl (C=O) groups is 2. The van der Waals surface area contributed by atoms with Crippen LogP contribution in [-0.2, 0) is 4.79 Å². The largest absolute Gasteiger partial charge is 0.493 e. The number of methoxy groups -OCH3 is 1. The average molecular weight is 426 g/mol. The Morgan fingerprint density at radius 1 is 0.935 bits per heavy atom. The molecule has 0 radical (unpaired) electrons. The molecule has 0 amide bonds. The molecule has 31 heavy (non-hydrogen) atoms. The first-order chi connectivity index (χ1) is 15.0. The van der Waals surface area contributed by atoms with Crippen molar-refractivity contribution in [3.05, 3.63) is 53.6 Å². The molecule has 0 aliphatic rings. The van der Waals surface area contributed by atoms with Crippen LogP contribution in [0.2, 0.25) is 0 Å². The molecule has 1 N–H and O–H groups in total. The van der Waals surface area contributed by atoms with Crippen molar-refractivity contribution < 1.29 is 24.2 Å². The summed E-state index contributed by atoms with van der Waals surface area (Å²) in [6.07, 6.45) is 10.1. The van der Waals surface area contributed by atoms with Gasteiger partial charge in [-0.25, -0.2) is 4.79 Å². The maximum atomic E-state index is 12.1. The van der Waals surface area contributed by atoms with Gasteiger partial charge in [0.2, 0.25) is 0 Å². The summed E-state index contributed by atoms with van der Waals surface area (Å²) in [6, 6.07) is 11.5. The summed E-state index contributed by atoms with van der Waals surface area (Å²) in [5.41, 5.74) is 1.61. The van der Waals surface area contributed by atoms with E-state index in [9.17, 15) is 9.59 Å². The minimum Gasteiger partial charge on any atom is -0.493 e. The molecule has 0 atom stereocenters. The van der Waals surface area contributed by atoms with E-state index in [1.807, 2.05) is 0 Å². The first-order valence-corrected chi connectivity index (χ1v) is 10.8. The molecule has 0 spiro atoms. The lowest BCUT2D eigenvalue weighted by Crippen LogP contribution is -2.08. The number of hydrogen-bond acceptors (Lipinski definition) is 5. The summed E-state index contributed by atoms with van der Waals surface area (Å²) < 4.78 is 10.8. The smallest absolute Gasteiger partial charge is 0.335 e. The zero-order chi connectivity index (χ0) is 22.5. The molecule has 6 nitrogen and oxygen atoms in total. The second-order valence-electron chi connectivity index (χ2n) is 7.37. The fraction of sp³-hybridized carbons (Fsp3) is 0.400. The summed E-state index contributed by atoms with van der Waals surface area (Å²) in [6.45, 7) is 2.20. The van der Waals surface area contributed by atoms with Crippen LogP contribution in [0.15, 0.2) is 47.5 Å². The van der Waals surface area contributed by atoms with Crippen LogP contribution in [0.3, 0.4) is 0 Å². The first kappa shape index (κ1) is 24.1. The number of aliphatic imine (C=N–C) groups is 1. The molecule has 0 fully saturated rings. The number of carbonyl (C=O) groups excluding carboxylic acids is 1. The molecule has 0 aliphatic heterocycles. The van der Waals surface area contributed by atoms with Gasteiger partial charge >= 0.3 is 11.9 Å². The van der Waals surface area contributed by atoms with E-state index in [4.69, 9.17) is 14.6 Å². The minimum atomic E-state index is -0.975. The van der Waals surface area contributed by atoms with Crippen molar-refractivity contribution in [3.8, 4) is 11.5 Å². The molecule has 0 heterocycles. The molecule has 0 saturated heterocycles. The van der Waals surface area contributed by atoms with Crippen molar-refractivity contribution in [2.24, 2.45) is 4.99 Å². The average Bonchev–Trinajstić information content (AvgIpc) is 2.78. The number of nitrogens with zero attached hydrogens (tertiary/aromatic N) is 1. The predicted molar refractivity (Wildman–Crippen MR) is 122 cm³/mol. The molecule has 0 bridgehead atoms. The van der Waals surface area contributed by atoms with Crippen LogP contribution in [0.4, 0.5) is 5.69 Å². The van der Waals surface area contributed by atoms with Gasteiger partial charge in [0.1, 0.15) is 0 Å². The fourth-order valence-corrected chi connectivity index (χ4v) is 3.09. The van der Waals surface area contributed by atoms with E-state index in [2.05, 4.69) is 11.9 Å². The van der Waals surface area contributed by atoms with Gasteiger partial charge in [0.05, 0.1) is 18.4 Å². The molecule has 2 aromatic carbocycles. The van der Waals surface area contributed by atoms with Gasteiger partial charge in [-0.3, -0.25) is 9.79 Å². The number of ether oxygens (including phenoxy) is 2. The molecule has 2 aromatic rings. The Hall–Kier alpha value is -3.15. The SMILES string of the molecule is CCCCCCCCCC(=O)Oc1ccc(C=Nc2ccc(C(=O)O)cc2)cc1OC. The third-order valence-electron chi connectivity index (χ3n) is 4.87. The van der Waals surface area contributed by atoms with E-state index in [1.165, 1.54) is 44.9 Å². The van der Waals surface area contributed by atoms with Crippen LogP contribution in [0, 0.1) is 0 Å². The zero-order valence-electron chi connectivity index (χ0n) is 18.3. The minimum absolute atomic E-state index is 0.211. The van der Waals surface area contributed by atoms with Crippen molar-refractivity contribution in [1.82, 2.24) is 0 Å². The third kappa shape index (κ3) is 8.62. The van der Waals surface area contributed by atoms with Crippen LogP contribution in [0.25, 0.3) is 0 Å². The number of carboxylic acid groups (broad SMARTS) is 1. The Bertz CT molecular complexity index is 874. The molecule has 0 aromatic heterocycles. The number of benzene rings is 2. The number of unbranched alkanes of at least 4 members (excludes halogenated alkanes) is 6. The fourth-order valence-electron chi connectivity index (χ4n) is 3.09. The zero-order valence-corrected chi connectivity index (χ0v) is 18.3. The highest BCUT2D eigenvalue weighted by molar-refractivity contribution is 5.88. The van der Waals surface area contributed by atoms with Crippen molar-refractivity contribution in [3.63, 3.8) is 0 Å². The van der Waals surface area contributed by atoms with Crippen LogP contribution in [-0.4, -0.2) is 30.4 Å². The lowest BCUT2D eigenvalue weighted by atomic mass is 10.1. The standard InChI is InChI=1S/C25H31NO5/c1-3-4-5-6-7-8-9-10-24(27)31-22-16-11-19(17-23(22)30-2)18-26-21-14-12-20(13-15-21)25(28)29/h11-18H,3-10H2,1-2H3,(H,28,29). The monoisotopic (exact) mass is 425 g/mol. The van der Waals surface area contributed by atoms with Gasteiger partial charge in [-0.15, -0.1) is 0 Å². The lowest BCUT2D eigenvalue weighted by Gasteiger charge is -2.10. The topological polar surface area (TPSA) is 85.2 Å². The molecular formula is C25H31NO5. The van der Waals surface area contributed by atoms with Crippen molar-refractivity contribution in [2.75, 3.05) is 7.11 Å². The van der Waals surface area contributed by atoms with Crippen molar-refractivity contribution in [1.29, 1.82) is 0 Å². The Morgan fingerprint density at radius 3 is 2.26 bits per heavy atom. The van der Waals surface area contributed by atoms with Gasteiger partial charge in [0.15, 0.2) is 11.5 Å². The van der Waals surface area contributed by atoms with Gasteiger partial charge in [-0.1, -0.05) is 45.4 Å². The number of rotatable bonds is 13. The summed E-state index contributed by atoms with van der Waals surface area (Å²) in [4.78, 5) is 27.4. The Labute approximate surface area is 183 Å². The van der Waals surface area contributed by atoms with E-state index >= 15 is 0 Å². The van der Waals surface area contributed by atoms with E-state index in [-0.39, 0.29) is 11.5 Å². The highest BCUT2D eigenvalue weighted by Crippen LogP contribution is 2.28. The van der Waals surface area contributed by atoms with Gasteiger partial charge in [-0.05, 0) is 54.4 Å². The molecule has 2 rings (SSSR count). The van der Waals surface area contributed by atoms with Gasteiger partial charge < -0.3 is 14.6 Å². The van der Waals surface area contributed by atoms with E-state index in [1.54, 1.807) is 36.5 Å². The maximum Gasteiger partial charge on any atom is 0.335 e. The highest BCUT2D eigenvalue weighted by atomic mass is 16.6. The Morgan fingerprint density at radius 2 is 1.61 bits per heavy atom. The number of aromatic carboxylic acids is 1. The summed E-state index contributed by atoms with van der Waals surface area (Å²) >= 11 is 0. The summed E-state index contributed by atoms with van der Waals surface area (Å²) in [5, 5.41) is 8.94. The number of esters is 1. The van der Waals surface area contributed by atoms with Crippen LogP contribution < -0.4 is 9.47 Å². The predicted octanol–water partition coefficient (Wildman–Crippen LogP) is 6.19. The van der Waals surface area contributed by atoms with E-state index in [0.29, 0.717) is 23.6 Å². The molecule has 166 valence electrons. The molecule has 0 unspecified atom stereocenters. The number of carboxylic acids is 1. The quantitative estimate of drug-likeness (QED) is 0.179. The van der Waals surface area contributed by atoms with Crippen molar-refractivity contribution in [2.45, 2.75) is 58.3 Å². The second kappa shape index (κ2) is 13.2. The maximum absolute atomic E-state index is 12.1. The Balaban J connectivity index is 1.87. The lowest BCUT2D eigenvalue weighted by molar-refractivity contribution is -0.134. The molecular weight excluding hydrogens is 394 g/mol. The molecule has 0 aliphatic carbocycles. The normalized spacial score (nSPS) is 10.9. The van der Waals surface area contributed by atoms with Crippen LogP contribution in [0.5, 0.6) is 11.5 Å². The number of hydrogen-bond donors (Lipinski definition) is 1. The highest BCUT2D eigenvalue weighted by Gasteiger charge is 2.10. The van der Waals surface area contributed by atoms with Crippen molar-refractivity contribution >= 4 is 23.8 Å².